The molecule has 0 bridgehead atoms. The highest BCUT2D eigenvalue weighted by molar-refractivity contribution is 5.96. The predicted molar refractivity (Wildman–Crippen MR) is 58.0 cm³/mol. The van der Waals surface area contributed by atoms with Gasteiger partial charge in [0, 0.05) is 0 Å². The molecule has 63 valence electrons. The van der Waals surface area contributed by atoms with Gasteiger partial charge in [-0.1, -0.05) is 24.3 Å². The van der Waals surface area contributed by atoms with Gasteiger partial charge in [0.25, 0.3) is 0 Å². The molecule has 0 amide bonds. The number of fused-ring (bicyclic) bond motifs is 2. The lowest BCUT2D eigenvalue weighted by molar-refractivity contribution is 1.74. The Hall–Kier alpha value is -1.82. The van der Waals surface area contributed by atoms with E-state index in [1.54, 1.807) is 6.07 Å². The van der Waals surface area contributed by atoms with Crippen LogP contribution in [0.25, 0.3) is 21.5 Å². The fourth-order valence-corrected chi connectivity index (χ4v) is 1.66. The van der Waals surface area contributed by atoms with E-state index in [1.165, 1.54) is 5.39 Å². The summed E-state index contributed by atoms with van der Waals surface area (Å²) in [6.45, 7) is 0. The van der Waals surface area contributed by atoms with Crippen molar-refractivity contribution >= 4 is 21.5 Å². The number of hydrogen-bond donors (Lipinski definition) is 0. The third-order valence-corrected chi connectivity index (χ3v) is 2.36. The van der Waals surface area contributed by atoms with Gasteiger partial charge in [-0.3, -0.25) is 0 Å². The lowest BCUT2D eigenvalue weighted by atomic mass is 10.0. The van der Waals surface area contributed by atoms with Crippen LogP contribution in [-0.2, 0) is 0 Å². The third kappa shape index (κ3) is 1.08. The first-order chi connectivity index (χ1) is 6.93. The fourth-order valence-electron chi connectivity index (χ4n) is 1.66. The van der Waals surface area contributed by atoms with Crippen LogP contribution in [0.4, 0.5) is 0 Å². The molecule has 0 fully saturated rings. The molecule has 3 rings (SSSR count). The summed E-state index contributed by atoms with van der Waals surface area (Å²) < 4.78 is 0. The van der Waals surface area contributed by atoms with Crippen molar-refractivity contribution in [1.29, 1.82) is 0 Å². The second-order valence-electron chi connectivity index (χ2n) is 3.29. The summed E-state index contributed by atoms with van der Waals surface area (Å²) in [7, 11) is 0. The zero-order chi connectivity index (χ0) is 9.38. The summed E-state index contributed by atoms with van der Waals surface area (Å²) in [6, 6.07) is 23.6. The van der Waals surface area contributed by atoms with Crippen LogP contribution in [0.2, 0.25) is 0 Å². The van der Waals surface area contributed by atoms with E-state index in [2.05, 4.69) is 36.4 Å². The highest BCUT2D eigenvalue weighted by Gasteiger charge is 1.96. The Balaban J connectivity index is 2.52. The molecule has 0 saturated carbocycles. The van der Waals surface area contributed by atoms with Crippen molar-refractivity contribution in [3.05, 3.63) is 60.7 Å². The van der Waals surface area contributed by atoms with Crippen LogP contribution in [0.3, 0.4) is 0 Å². The Morgan fingerprint density at radius 2 is 1.93 bits per heavy atom. The second kappa shape index (κ2) is 2.85. The molecule has 0 unspecified atom stereocenters. The Morgan fingerprint density at radius 3 is 2.93 bits per heavy atom. The molecular formula is C14H7. The zero-order valence-electron chi connectivity index (χ0n) is 7.54. The number of hydrogen-bond acceptors (Lipinski definition) is 0. The van der Waals surface area contributed by atoms with Crippen molar-refractivity contribution in [2.75, 3.05) is 0 Å². The predicted octanol–water partition coefficient (Wildman–Crippen LogP) is 3.39. The average Bonchev–Trinajstić information content (AvgIpc) is 2.26. The molecule has 0 spiro atoms. The maximum atomic E-state index is 3.33. The summed E-state index contributed by atoms with van der Waals surface area (Å²) in [5.74, 6) is 0. The molecule has 0 nitrogen and oxygen atoms in total. The highest BCUT2D eigenvalue weighted by atomic mass is 14.0. The summed E-state index contributed by atoms with van der Waals surface area (Å²) in [5, 5.41) is 4.53. The van der Waals surface area contributed by atoms with Gasteiger partial charge in [0.1, 0.15) is 0 Å². The smallest absolute Gasteiger partial charge is 0.000785 e. The first-order valence-corrected chi connectivity index (χ1v) is 4.56. The van der Waals surface area contributed by atoms with E-state index in [9.17, 15) is 0 Å². The average molecular weight is 175 g/mol. The van der Waals surface area contributed by atoms with Crippen LogP contribution >= 0.6 is 0 Å². The van der Waals surface area contributed by atoms with Gasteiger partial charge in [-0.15, -0.1) is 0 Å². The van der Waals surface area contributed by atoms with Crippen molar-refractivity contribution in [1.82, 2.24) is 0 Å². The van der Waals surface area contributed by atoms with Crippen LogP contribution in [0.1, 0.15) is 0 Å². The summed E-state index contributed by atoms with van der Waals surface area (Å²) >= 11 is 0. The first kappa shape index (κ1) is 7.57. The van der Waals surface area contributed by atoms with Gasteiger partial charge in [-0.2, -0.15) is 0 Å². The van der Waals surface area contributed by atoms with E-state index in [-0.39, 0.29) is 0 Å². The molecule has 0 heterocycles. The molecule has 0 atom stereocenters. The molecule has 3 aromatic carbocycles. The minimum atomic E-state index is 1.03. The van der Waals surface area contributed by atoms with Crippen LogP contribution in [0, 0.1) is 18.2 Å². The van der Waals surface area contributed by atoms with Gasteiger partial charge in [0.05, 0.1) is 0 Å². The van der Waals surface area contributed by atoms with Gasteiger partial charge in [0.15, 0.2) is 0 Å². The molecule has 0 aliphatic heterocycles. The number of rotatable bonds is 0. The Labute approximate surface area is 82.8 Å². The maximum absolute atomic E-state index is 3.33. The minimum absolute atomic E-state index is 1.03. The van der Waals surface area contributed by atoms with Crippen molar-refractivity contribution in [3.8, 4) is 0 Å². The molecule has 3 radical (unpaired) electrons. The minimum Gasteiger partial charge on any atom is -0.0616 e. The first-order valence-electron chi connectivity index (χ1n) is 4.56. The van der Waals surface area contributed by atoms with Gasteiger partial charge >= 0.3 is 0 Å². The quantitative estimate of drug-likeness (QED) is 0.459. The molecule has 0 heteroatoms. The molecule has 3 aromatic rings. The van der Waals surface area contributed by atoms with Crippen molar-refractivity contribution in [2.24, 2.45) is 0 Å². The van der Waals surface area contributed by atoms with E-state index < -0.39 is 0 Å². The maximum Gasteiger partial charge on any atom is -0.000785 e. The zero-order valence-corrected chi connectivity index (χ0v) is 7.54. The molecule has 14 heavy (non-hydrogen) atoms. The molecule has 0 saturated heterocycles. The van der Waals surface area contributed by atoms with Gasteiger partial charge < -0.3 is 0 Å². The van der Waals surface area contributed by atoms with Crippen LogP contribution in [-0.4, -0.2) is 0 Å². The molecule has 0 N–H and O–H groups in total. The fraction of sp³-hybridized carbons (Fsp3) is 0. The SMILES string of the molecule is [c]1c[c]c2[c]c3ccccc3cc2c1. The molecular weight excluding hydrogens is 168 g/mol. The van der Waals surface area contributed by atoms with E-state index in [0.717, 1.165) is 16.2 Å². The molecule has 0 aliphatic carbocycles. The lowest BCUT2D eigenvalue weighted by Crippen LogP contribution is -1.75. The van der Waals surface area contributed by atoms with E-state index in [1.807, 2.05) is 18.2 Å². The van der Waals surface area contributed by atoms with Crippen LogP contribution in [0.15, 0.2) is 42.5 Å². The van der Waals surface area contributed by atoms with E-state index in [4.69, 9.17) is 0 Å². The summed E-state index contributed by atoms with van der Waals surface area (Å²) in [4.78, 5) is 0. The highest BCUT2D eigenvalue weighted by Crippen LogP contribution is 2.20. The summed E-state index contributed by atoms with van der Waals surface area (Å²) in [5.41, 5.74) is 0. The van der Waals surface area contributed by atoms with Crippen LogP contribution in [0.5, 0.6) is 0 Å². The van der Waals surface area contributed by atoms with Gasteiger partial charge in [-0.05, 0) is 57.9 Å². The molecule has 0 aromatic heterocycles. The van der Waals surface area contributed by atoms with E-state index >= 15 is 0 Å². The number of benzene rings is 3. The van der Waals surface area contributed by atoms with Crippen molar-refractivity contribution < 1.29 is 0 Å². The summed E-state index contributed by atoms with van der Waals surface area (Å²) in [6.07, 6.45) is 0. The van der Waals surface area contributed by atoms with Gasteiger partial charge in [0.2, 0.25) is 0 Å². The molecule has 0 aliphatic rings. The largest absolute Gasteiger partial charge is 0.0616 e. The normalized spacial score (nSPS) is 10.9. The Kier molecular flexibility index (Phi) is 1.54. The van der Waals surface area contributed by atoms with E-state index in [0.29, 0.717) is 0 Å². The lowest BCUT2D eigenvalue weighted by Gasteiger charge is -1.99. The topological polar surface area (TPSA) is 0 Å². The van der Waals surface area contributed by atoms with Crippen LogP contribution < -0.4 is 0 Å². The second-order valence-corrected chi connectivity index (χ2v) is 3.29. The monoisotopic (exact) mass is 175 g/mol. The van der Waals surface area contributed by atoms with Crippen molar-refractivity contribution in [3.63, 3.8) is 0 Å². The standard InChI is InChI=1S/C14H7/c1-2-6-12-10-14-8-4-3-7-13(14)9-11(12)5-1/h1-3,5-6,8,10H. The Morgan fingerprint density at radius 1 is 1.00 bits per heavy atom. The Bertz CT molecular complexity index is 489. The van der Waals surface area contributed by atoms with Crippen molar-refractivity contribution in [2.45, 2.75) is 0 Å². The van der Waals surface area contributed by atoms with Gasteiger partial charge in [-0.25, -0.2) is 0 Å². The third-order valence-electron chi connectivity index (χ3n) is 2.36.